The van der Waals surface area contributed by atoms with Crippen LogP contribution in [0.5, 0.6) is 0 Å². The Hall–Kier alpha value is -2.00. The number of carboxylic acids is 1. The Balaban J connectivity index is 2.08. The van der Waals surface area contributed by atoms with Crippen LogP contribution in [-0.4, -0.2) is 51.8 Å². The number of nitrogens with two attached hydrogens (primary N) is 2. The maximum atomic E-state index is 11.7. The number of allylic oxidation sites excluding steroid dienone is 1. The first-order chi connectivity index (χ1) is 9.93. The van der Waals surface area contributed by atoms with Crippen LogP contribution in [0.25, 0.3) is 0 Å². The zero-order chi connectivity index (χ0) is 15.6. The fourth-order valence-electron chi connectivity index (χ4n) is 2.12. The maximum absolute atomic E-state index is 11.7. The van der Waals surface area contributed by atoms with Crippen LogP contribution in [0.15, 0.2) is 23.4 Å². The molecule has 2 amide bonds. The van der Waals surface area contributed by atoms with Crippen molar-refractivity contribution in [3.63, 3.8) is 0 Å². The van der Waals surface area contributed by atoms with E-state index in [-0.39, 0.29) is 23.6 Å². The zero-order valence-electron chi connectivity index (χ0n) is 11.0. The molecule has 0 aliphatic carbocycles. The number of β-lactam (4-membered cyclic amide) rings is 1. The van der Waals surface area contributed by atoms with Crippen molar-refractivity contribution in [2.24, 2.45) is 11.5 Å². The second-order valence-electron chi connectivity index (χ2n) is 4.47. The van der Waals surface area contributed by atoms with Gasteiger partial charge >= 0.3 is 12.1 Å². The van der Waals surface area contributed by atoms with Gasteiger partial charge in [-0.2, -0.15) is 0 Å². The summed E-state index contributed by atoms with van der Waals surface area (Å²) in [4.78, 5) is 34.7. The predicted octanol–water partition coefficient (Wildman–Crippen LogP) is -0.391. The lowest BCUT2D eigenvalue weighted by Crippen LogP contribution is -2.68. The first-order valence-electron chi connectivity index (χ1n) is 6.19. The predicted molar refractivity (Wildman–Crippen MR) is 75.0 cm³/mol. The third-order valence-electron chi connectivity index (χ3n) is 3.09. The van der Waals surface area contributed by atoms with Crippen molar-refractivity contribution in [2.75, 3.05) is 12.4 Å². The number of hydrogen-bond donors (Lipinski definition) is 3. The van der Waals surface area contributed by atoms with Crippen LogP contribution < -0.4 is 11.5 Å². The van der Waals surface area contributed by atoms with E-state index in [1.165, 1.54) is 16.7 Å². The van der Waals surface area contributed by atoms with E-state index in [0.29, 0.717) is 17.7 Å². The Morgan fingerprint density at radius 3 is 2.86 bits per heavy atom. The third-order valence-corrected chi connectivity index (χ3v) is 4.41. The summed E-state index contributed by atoms with van der Waals surface area (Å²) in [5, 5.41) is 8.98. The molecule has 1 saturated heterocycles. The van der Waals surface area contributed by atoms with Gasteiger partial charge in [0.2, 0.25) is 5.91 Å². The average Bonchev–Trinajstić information content (AvgIpc) is 2.44. The molecule has 0 unspecified atom stereocenters. The summed E-state index contributed by atoms with van der Waals surface area (Å²) < 4.78 is 4.55. The molecular weight excluding hydrogens is 298 g/mol. The van der Waals surface area contributed by atoms with Crippen molar-refractivity contribution in [1.82, 2.24) is 4.90 Å². The molecule has 2 heterocycles. The van der Waals surface area contributed by atoms with Gasteiger partial charge in [0, 0.05) is 5.75 Å². The van der Waals surface area contributed by atoms with Crippen LogP contribution in [0.1, 0.15) is 6.42 Å². The number of amides is 2. The molecule has 0 saturated carbocycles. The van der Waals surface area contributed by atoms with Crippen molar-refractivity contribution in [3.05, 3.63) is 23.4 Å². The minimum Gasteiger partial charge on any atom is -0.477 e. The molecule has 0 aromatic carbocycles. The summed E-state index contributed by atoms with van der Waals surface area (Å²) in [6.45, 7) is 0.116. The number of aliphatic carboxylic acids is 1. The van der Waals surface area contributed by atoms with Gasteiger partial charge in [-0.05, 0) is 12.0 Å². The Kier molecular flexibility index (Phi) is 4.53. The number of carbonyl (C=O) groups is 3. The summed E-state index contributed by atoms with van der Waals surface area (Å²) in [6.07, 6.45) is 2.84. The number of thioether (sulfide) groups is 1. The number of hydrogen-bond acceptors (Lipinski definition) is 6. The minimum absolute atomic E-state index is 0.0301. The minimum atomic E-state index is -1.16. The molecule has 21 heavy (non-hydrogen) atoms. The van der Waals surface area contributed by atoms with Crippen LogP contribution in [0.3, 0.4) is 0 Å². The highest BCUT2D eigenvalue weighted by Gasteiger charge is 2.51. The monoisotopic (exact) mass is 313 g/mol. The van der Waals surface area contributed by atoms with Gasteiger partial charge < -0.3 is 21.3 Å². The highest BCUT2D eigenvalue weighted by Crippen LogP contribution is 2.39. The summed E-state index contributed by atoms with van der Waals surface area (Å²) in [7, 11) is 0. The van der Waals surface area contributed by atoms with E-state index in [4.69, 9.17) is 11.5 Å². The van der Waals surface area contributed by atoms with E-state index in [1.54, 1.807) is 12.2 Å². The number of carboxylic acid groups (broad SMARTS) is 1. The number of nitrogens with zero attached hydrogens (tertiary/aromatic N) is 1. The molecule has 9 heteroatoms. The van der Waals surface area contributed by atoms with E-state index in [1.807, 2.05) is 0 Å². The first-order valence-corrected chi connectivity index (χ1v) is 7.24. The van der Waals surface area contributed by atoms with Gasteiger partial charge in [0.15, 0.2) is 0 Å². The van der Waals surface area contributed by atoms with E-state index in [0.717, 1.165) is 0 Å². The number of ether oxygens (including phenoxy) is 1. The van der Waals surface area contributed by atoms with Crippen LogP contribution >= 0.6 is 11.8 Å². The van der Waals surface area contributed by atoms with E-state index >= 15 is 0 Å². The van der Waals surface area contributed by atoms with E-state index in [9.17, 15) is 19.5 Å². The number of carbonyl (C=O) groups excluding carboxylic acids is 2. The molecule has 0 bridgehead atoms. The summed E-state index contributed by atoms with van der Waals surface area (Å²) in [5.74, 6) is -1.09. The molecule has 2 aliphatic heterocycles. The fourth-order valence-corrected chi connectivity index (χ4v) is 3.39. The van der Waals surface area contributed by atoms with E-state index < -0.39 is 18.1 Å². The summed E-state index contributed by atoms with van der Waals surface area (Å²) in [5.41, 5.74) is 11.0. The second kappa shape index (κ2) is 6.19. The first kappa shape index (κ1) is 15.4. The van der Waals surface area contributed by atoms with Gasteiger partial charge in [-0.3, -0.25) is 9.69 Å². The van der Waals surface area contributed by atoms with Crippen molar-refractivity contribution in [1.29, 1.82) is 0 Å². The topological polar surface area (TPSA) is 136 Å². The molecule has 0 aromatic rings. The number of fused-ring (bicyclic) bond motifs is 1. The smallest absolute Gasteiger partial charge is 0.404 e. The van der Waals surface area contributed by atoms with Gasteiger partial charge in [-0.15, -0.1) is 11.8 Å². The van der Waals surface area contributed by atoms with Gasteiger partial charge in [-0.25, -0.2) is 9.59 Å². The molecule has 2 rings (SSSR count). The molecular formula is C12H15N3O5S. The zero-order valence-corrected chi connectivity index (χ0v) is 11.8. The number of primary amides is 1. The summed E-state index contributed by atoms with van der Waals surface area (Å²) >= 11 is 1.43. The molecule has 2 aliphatic rings. The Bertz CT molecular complexity index is 545. The lowest BCUT2D eigenvalue weighted by atomic mass is 10.0. The second-order valence-corrected chi connectivity index (χ2v) is 5.58. The van der Waals surface area contributed by atoms with Crippen molar-refractivity contribution in [3.8, 4) is 0 Å². The van der Waals surface area contributed by atoms with Crippen LogP contribution in [0.4, 0.5) is 4.79 Å². The van der Waals surface area contributed by atoms with Gasteiger partial charge in [0.1, 0.15) is 17.1 Å². The SMILES string of the molecule is NC(=O)OCC/C=C\C1=C(C(=O)O)N2C(=O)[C@@H](N)[C@H]2SC1. The number of rotatable bonds is 5. The van der Waals surface area contributed by atoms with E-state index in [2.05, 4.69) is 4.74 Å². The van der Waals surface area contributed by atoms with Crippen LogP contribution in [-0.2, 0) is 14.3 Å². The average molecular weight is 313 g/mol. The third kappa shape index (κ3) is 3.03. The Morgan fingerprint density at radius 1 is 1.52 bits per heavy atom. The molecule has 0 radical (unpaired) electrons. The molecule has 2 atom stereocenters. The molecule has 114 valence electrons. The highest BCUT2D eigenvalue weighted by atomic mass is 32.2. The van der Waals surface area contributed by atoms with Crippen LogP contribution in [0, 0.1) is 0 Å². The normalized spacial score (nSPS) is 24.8. The maximum Gasteiger partial charge on any atom is 0.404 e. The standard InChI is InChI=1S/C12H15N3O5S/c13-7-9(16)15-8(11(17)18)6(5-21-10(7)15)3-1-2-4-20-12(14)19/h1,3,7,10H,2,4-5,13H2,(H2,14,19)(H,17,18)/b3-1-/t7-,10-/m1/s1. The molecule has 0 aromatic heterocycles. The van der Waals surface area contributed by atoms with Gasteiger partial charge in [0.05, 0.1) is 6.61 Å². The van der Waals surface area contributed by atoms with Crippen molar-refractivity contribution in [2.45, 2.75) is 17.8 Å². The lowest BCUT2D eigenvalue weighted by Gasteiger charge is -2.47. The van der Waals surface area contributed by atoms with Crippen molar-refractivity contribution >= 4 is 29.7 Å². The molecule has 8 nitrogen and oxygen atoms in total. The fraction of sp³-hybridized carbons (Fsp3) is 0.417. The highest BCUT2D eigenvalue weighted by molar-refractivity contribution is 8.00. The quantitative estimate of drug-likeness (QED) is 0.464. The largest absolute Gasteiger partial charge is 0.477 e. The van der Waals surface area contributed by atoms with Crippen molar-refractivity contribution < 1.29 is 24.2 Å². The van der Waals surface area contributed by atoms with Gasteiger partial charge in [-0.1, -0.05) is 12.2 Å². The summed E-state index contributed by atoms with van der Waals surface area (Å²) in [6, 6.07) is -0.640. The lowest BCUT2D eigenvalue weighted by molar-refractivity contribution is -0.147. The molecule has 0 spiro atoms. The Labute approximate surface area is 124 Å². The molecule has 1 fully saturated rings. The molecule has 5 N–H and O–H groups in total. The van der Waals surface area contributed by atoms with Gasteiger partial charge in [0.25, 0.3) is 0 Å². The Morgan fingerprint density at radius 2 is 2.24 bits per heavy atom. The van der Waals surface area contributed by atoms with Crippen LogP contribution in [0.2, 0.25) is 0 Å².